The maximum atomic E-state index is 2.33. The number of hydrogen-bond donors (Lipinski definition) is 0. The van der Waals surface area contributed by atoms with Crippen LogP contribution >= 0.6 is 0 Å². The lowest BCUT2D eigenvalue weighted by Crippen LogP contribution is -1.92. The number of benzene rings is 4. The van der Waals surface area contributed by atoms with Crippen molar-refractivity contribution in [1.29, 1.82) is 0 Å². The highest BCUT2D eigenvalue weighted by Crippen LogP contribution is 2.29. The van der Waals surface area contributed by atoms with Crippen LogP contribution in [0, 0.1) is 20.9 Å². The summed E-state index contributed by atoms with van der Waals surface area (Å²) in [4.78, 5) is 0. The molecular weight excluding hydrogens is 264 g/mol. The summed E-state index contributed by atoms with van der Waals surface area (Å²) in [6, 6.07) is 30.6. The van der Waals surface area contributed by atoms with E-state index in [1.165, 1.54) is 42.8 Å². The minimum Gasteiger partial charge on any atom is -0.0616 e. The molecule has 0 aromatic heterocycles. The predicted molar refractivity (Wildman–Crippen MR) is 91.2 cm³/mol. The molecule has 0 heteroatoms. The van der Waals surface area contributed by atoms with Crippen LogP contribution in [-0.2, 0) is 0 Å². The molecule has 0 spiro atoms. The Kier molecular flexibility index (Phi) is 2.31. The Bertz CT molecular complexity index is 1210. The third-order valence-electron chi connectivity index (χ3n) is 4.63. The average Bonchev–Trinajstić information content (AvgIpc) is 2.59. The first-order valence-electron chi connectivity index (χ1n) is 7.64. The van der Waals surface area contributed by atoms with E-state index < -0.39 is 0 Å². The molecule has 0 heterocycles. The zero-order valence-corrected chi connectivity index (χ0v) is 12.1. The molecule has 102 valence electrons. The van der Waals surface area contributed by atoms with Crippen LogP contribution in [0.3, 0.4) is 0 Å². The van der Waals surface area contributed by atoms with Crippen LogP contribution in [0.15, 0.2) is 84.9 Å². The third-order valence-corrected chi connectivity index (χ3v) is 4.63. The molecule has 22 heavy (non-hydrogen) atoms. The summed E-state index contributed by atoms with van der Waals surface area (Å²) in [7, 11) is 0. The van der Waals surface area contributed by atoms with E-state index in [1.807, 2.05) is 0 Å². The molecule has 1 aliphatic rings. The Labute approximate surface area is 128 Å². The molecule has 0 nitrogen and oxygen atoms in total. The Morgan fingerprint density at radius 1 is 0.455 bits per heavy atom. The topological polar surface area (TPSA) is 0 Å². The van der Waals surface area contributed by atoms with Gasteiger partial charge in [0.1, 0.15) is 0 Å². The lowest BCUT2D eigenvalue weighted by Gasteiger charge is -2.10. The second kappa shape index (κ2) is 4.32. The van der Waals surface area contributed by atoms with Gasteiger partial charge in [-0.05, 0) is 48.8 Å². The monoisotopic (exact) mass is 278 g/mol. The van der Waals surface area contributed by atoms with Gasteiger partial charge in [-0.25, -0.2) is 0 Å². The summed E-state index contributed by atoms with van der Waals surface area (Å²) >= 11 is 0. The quantitative estimate of drug-likeness (QED) is 0.385. The summed E-state index contributed by atoms with van der Waals surface area (Å²) in [5.74, 6) is 0. The molecule has 0 unspecified atom stereocenters. The van der Waals surface area contributed by atoms with Crippen molar-refractivity contribution in [1.82, 2.24) is 0 Å². The van der Waals surface area contributed by atoms with Gasteiger partial charge in [-0.3, -0.25) is 0 Å². The maximum absolute atomic E-state index is 2.33. The molecule has 0 amide bonds. The Morgan fingerprint density at radius 3 is 2.05 bits per heavy atom. The first-order valence-corrected chi connectivity index (χ1v) is 7.64. The Morgan fingerprint density at radius 2 is 1.14 bits per heavy atom. The van der Waals surface area contributed by atoms with Crippen molar-refractivity contribution in [2.24, 2.45) is 0 Å². The molecule has 0 atom stereocenters. The number of rotatable bonds is 1. The molecule has 0 N–H and O–H groups in total. The maximum Gasteiger partial charge on any atom is -0.00928 e. The fraction of sp³-hybridized carbons (Fsp3) is 0. The first-order chi connectivity index (χ1) is 10.9. The molecule has 0 bridgehead atoms. The molecule has 0 saturated carbocycles. The second-order valence-electron chi connectivity index (χ2n) is 5.83. The first kappa shape index (κ1) is 11.8. The summed E-state index contributed by atoms with van der Waals surface area (Å²) in [6.45, 7) is 0. The van der Waals surface area contributed by atoms with Crippen LogP contribution in [0.2, 0.25) is 0 Å². The molecule has 0 fully saturated rings. The van der Waals surface area contributed by atoms with Gasteiger partial charge in [-0.1, -0.05) is 78.9 Å². The molecular formula is C22H14. The van der Waals surface area contributed by atoms with Crippen LogP contribution in [0.25, 0.3) is 21.9 Å². The van der Waals surface area contributed by atoms with Crippen LogP contribution in [0.5, 0.6) is 0 Å². The van der Waals surface area contributed by atoms with E-state index in [0.717, 1.165) is 0 Å². The minimum absolute atomic E-state index is 1.29. The van der Waals surface area contributed by atoms with E-state index >= 15 is 0 Å². The molecule has 0 aliphatic heterocycles. The van der Waals surface area contributed by atoms with Crippen molar-refractivity contribution in [2.45, 2.75) is 0 Å². The van der Waals surface area contributed by atoms with Gasteiger partial charge in [-0.2, -0.15) is 0 Å². The molecule has 4 aromatic carbocycles. The smallest absolute Gasteiger partial charge is 0.00928 e. The molecule has 1 aliphatic carbocycles. The number of fused-ring (bicyclic) bond motifs is 3. The van der Waals surface area contributed by atoms with Crippen LogP contribution in [0.1, 0.15) is 0 Å². The van der Waals surface area contributed by atoms with Gasteiger partial charge in [0.15, 0.2) is 0 Å². The van der Waals surface area contributed by atoms with Gasteiger partial charge in [0.2, 0.25) is 0 Å². The van der Waals surface area contributed by atoms with Gasteiger partial charge < -0.3 is 0 Å². The Balaban J connectivity index is 1.84. The van der Waals surface area contributed by atoms with E-state index in [0.29, 0.717) is 0 Å². The van der Waals surface area contributed by atoms with Gasteiger partial charge in [0.05, 0.1) is 0 Å². The van der Waals surface area contributed by atoms with Gasteiger partial charge in [0.25, 0.3) is 0 Å². The molecule has 0 saturated heterocycles. The van der Waals surface area contributed by atoms with Crippen molar-refractivity contribution in [3.63, 3.8) is 0 Å². The van der Waals surface area contributed by atoms with Gasteiger partial charge in [0, 0.05) is 0 Å². The highest BCUT2D eigenvalue weighted by Gasteiger charge is 2.06. The summed E-state index contributed by atoms with van der Waals surface area (Å²) in [6.07, 6.45) is 0. The standard InChI is InChI=1S/C22H14/c1-2-8-17-15(6-1)7-5-11-18(17)16-12-13-21-19-9-3-4-10-20(19)22(21)14-16/h1-14H. The van der Waals surface area contributed by atoms with E-state index in [9.17, 15) is 0 Å². The van der Waals surface area contributed by atoms with Gasteiger partial charge in [-0.15, -0.1) is 0 Å². The zero-order chi connectivity index (χ0) is 14.5. The van der Waals surface area contributed by atoms with Crippen molar-refractivity contribution in [3.8, 4) is 11.1 Å². The minimum atomic E-state index is 1.29. The fourth-order valence-electron chi connectivity index (χ4n) is 3.54. The summed E-state index contributed by atoms with van der Waals surface area (Å²) in [5, 5.41) is 8.11. The molecule has 5 rings (SSSR count). The number of hydrogen-bond acceptors (Lipinski definition) is 0. The third kappa shape index (κ3) is 1.52. The largest absolute Gasteiger partial charge is 0.0616 e. The van der Waals surface area contributed by atoms with Gasteiger partial charge >= 0.3 is 0 Å². The van der Waals surface area contributed by atoms with E-state index in [4.69, 9.17) is 0 Å². The Hall–Kier alpha value is -2.86. The highest BCUT2D eigenvalue weighted by molar-refractivity contribution is 5.96. The summed E-state index contributed by atoms with van der Waals surface area (Å²) in [5.41, 5.74) is 2.61. The molecule has 0 radical (unpaired) electrons. The van der Waals surface area contributed by atoms with Crippen LogP contribution in [-0.4, -0.2) is 0 Å². The predicted octanol–water partition coefficient (Wildman–Crippen LogP) is 5.39. The second-order valence-corrected chi connectivity index (χ2v) is 5.83. The van der Waals surface area contributed by atoms with Crippen molar-refractivity contribution in [2.75, 3.05) is 0 Å². The lowest BCUT2D eigenvalue weighted by atomic mass is 9.94. The van der Waals surface area contributed by atoms with E-state index in [1.54, 1.807) is 0 Å². The van der Waals surface area contributed by atoms with Crippen molar-refractivity contribution >= 4 is 10.8 Å². The fourth-order valence-corrected chi connectivity index (χ4v) is 3.54. The van der Waals surface area contributed by atoms with E-state index in [2.05, 4.69) is 84.9 Å². The SMILES string of the molecule is c1ccc2c(c1)=c1ccc(-c3cccc4ccccc34)cc1=2. The van der Waals surface area contributed by atoms with Crippen LogP contribution < -0.4 is 0 Å². The zero-order valence-electron chi connectivity index (χ0n) is 12.1. The van der Waals surface area contributed by atoms with Crippen molar-refractivity contribution < 1.29 is 0 Å². The van der Waals surface area contributed by atoms with Crippen LogP contribution in [0.4, 0.5) is 0 Å². The normalized spacial score (nSPS) is 11.6. The highest BCUT2D eigenvalue weighted by atomic mass is 14.1. The van der Waals surface area contributed by atoms with Crippen molar-refractivity contribution in [3.05, 3.63) is 106 Å². The summed E-state index contributed by atoms with van der Waals surface area (Å²) < 4.78 is 0. The average molecular weight is 278 g/mol. The molecule has 4 aromatic rings. The van der Waals surface area contributed by atoms with E-state index in [-0.39, 0.29) is 0 Å². The lowest BCUT2D eigenvalue weighted by molar-refractivity contribution is 1.29.